The quantitative estimate of drug-likeness (QED) is 0.508. The molecule has 6 nitrogen and oxygen atoms in total. The highest BCUT2D eigenvalue weighted by molar-refractivity contribution is 6.01. The summed E-state index contributed by atoms with van der Waals surface area (Å²) in [6, 6.07) is 16.6. The molecule has 4 rings (SSSR count). The van der Waals surface area contributed by atoms with Gasteiger partial charge in [0.05, 0.1) is 16.9 Å². The van der Waals surface area contributed by atoms with Gasteiger partial charge in [0.25, 0.3) is 5.56 Å². The standard InChI is InChI=1S/C24H23FN4O2/c1-16(2)14-28-13-12-18-20(8-5-9-22(18)28)26-23(30)15-29-24(31)11-10-21(27-29)17-6-3-4-7-19(17)25/h3-13,16H,14-15H2,1-2H3,(H,26,30). The van der Waals surface area contributed by atoms with Crippen LogP contribution < -0.4 is 10.9 Å². The summed E-state index contributed by atoms with van der Waals surface area (Å²) in [5.74, 6) is -0.333. The van der Waals surface area contributed by atoms with E-state index in [2.05, 4.69) is 28.8 Å². The smallest absolute Gasteiger partial charge is 0.267 e. The van der Waals surface area contributed by atoms with Crippen molar-refractivity contribution >= 4 is 22.5 Å². The first-order valence-corrected chi connectivity index (χ1v) is 10.1. The summed E-state index contributed by atoms with van der Waals surface area (Å²) < 4.78 is 17.3. The van der Waals surface area contributed by atoms with Crippen LogP contribution in [0.1, 0.15) is 13.8 Å². The molecule has 1 N–H and O–H groups in total. The lowest BCUT2D eigenvalue weighted by atomic mass is 10.1. The molecule has 0 unspecified atom stereocenters. The molecule has 1 amide bonds. The number of fused-ring (bicyclic) bond motifs is 1. The SMILES string of the molecule is CC(C)Cn1ccc2c(NC(=O)Cn3nc(-c4ccccc4F)ccc3=O)cccc21. The van der Waals surface area contributed by atoms with Gasteiger partial charge in [-0.3, -0.25) is 9.59 Å². The van der Waals surface area contributed by atoms with Gasteiger partial charge in [-0.05, 0) is 42.3 Å². The Kier molecular flexibility index (Phi) is 5.66. The van der Waals surface area contributed by atoms with Crippen molar-refractivity contribution in [3.05, 3.63) is 83.0 Å². The third kappa shape index (κ3) is 4.40. The number of carbonyl (C=O) groups is 1. The maximum Gasteiger partial charge on any atom is 0.267 e. The van der Waals surface area contributed by atoms with E-state index in [1.165, 1.54) is 18.2 Å². The van der Waals surface area contributed by atoms with E-state index < -0.39 is 11.4 Å². The number of hydrogen-bond donors (Lipinski definition) is 1. The summed E-state index contributed by atoms with van der Waals surface area (Å²) in [4.78, 5) is 24.9. The molecule has 4 aromatic rings. The van der Waals surface area contributed by atoms with Crippen molar-refractivity contribution in [2.45, 2.75) is 26.9 Å². The number of nitrogens with zero attached hydrogens (tertiary/aromatic N) is 3. The summed E-state index contributed by atoms with van der Waals surface area (Å²) >= 11 is 0. The van der Waals surface area contributed by atoms with Gasteiger partial charge in [0, 0.05) is 29.8 Å². The van der Waals surface area contributed by atoms with Gasteiger partial charge in [-0.25, -0.2) is 9.07 Å². The molecule has 0 saturated carbocycles. The van der Waals surface area contributed by atoms with Crippen molar-refractivity contribution < 1.29 is 9.18 Å². The Morgan fingerprint density at radius 3 is 2.65 bits per heavy atom. The van der Waals surface area contributed by atoms with E-state index >= 15 is 0 Å². The van der Waals surface area contributed by atoms with Crippen LogP contribution in [0.5, 0.6) is 0 Å². The molecule has 0 aliphatic carbocycles. The Labute approximate surface area is 178 Å². The Morgan fingerprint density at radius 2 is 1.87 bits per heavy atom. The van der Waals surface area contributed by atoms with Gasteiger partial charge in [0.15, 0.2) is 0 Å². The Bertz CT molecular complexity index is 1310. The molecule has 0 fully saturated rings. The van der Waals surface area contributed by atoms with Crippen LogP contribution >= 0.6 is 0 Å². The highest BCUT2D eigenvalue weighted by Crippen LogP contribution is 2.25. The number of hydrogen-bond acceptors (Lipinski definition) is 3. The van der Waals surface area contributed by atoms with E-state index in [1.54, 1.807) is 18.2 Å². The van der Waals surface area contributed by atoms with Crippen molar-refractivity contribution in [1.82, 2.24) is 14.3 Å². The van der Waals surface area contributed by atoms with Crippen molar-refractivity contribution in [2.75, 3.05) is 5.32 Å². The van der Waals surface area contributed by atoms with Crippen LogP contribution in [0.2, 0.25) is 0 Å². The summed E-state index contributed by atoms with van der Waals surface area (Å²) in [6.07, 6.45) is 2.00. The second-order valence-electron chi connectivity index (χ2n) is 7.84. The molecular weight excluding hydrogens is 395 g/mol. The van der Waals surface area contributed by atoms with Crippen LogP contribution in [0.15, 0.2) is 71.7 Å². The predicted molar refractivity (Wildman–Crippen MR) is 119 cm³/mol. The molecule has 0 spiro atoms. The Balaban J connectivity index is 1.57. The van der Waals surface area contributed by atoms with Gasteiger partial charge in [0.2, 0.25) is 5.91 Å². The van der Waals surface area contributed by atoms with Crippen molar-refractivity contribution in [2.24, 2.45) is 5.92 Å². The van der Waals surface area contributed by atoms with Crippen molar-refractivity contribution in [1.29, 1.82) is 0 Å². The second-order valence-corrected chi connectivity index (χ2v) is 7.84. The highest BCUT2D eigenvalue weighted by atomic mass is 19.1. The lowest BCUT2D eigenvalue weighted by Gasteiger charge is -2.11. The van der Waals surface area contributed by atoms with E-state index in [9.17, 15) is 14.0 Å². The zero-order chi connectivity index (χ0) is 22.0. The summed E-state index contributed by atoms with van der Waals surface area (Å²) in [5.41, 5.74) is 1.83. The van der Waals surface area contributed by atoms with Crippen LogP contribution in [-0.4, -0.2) is 20.3 Å². The van der Waals surface area contributed by atoms with E-state index in [0.717, 1.165) is 22.1 Å². The molecule has 0 atom stereocenters. The average molecular weight is 418 g/mol. The Hall–Kier alpha value is -3.74. The predicted octanol–water partition coefficient (Wildman–Crippen LogP) is 4.30. The molecule has 2 aromatic heterocycles. The third-order valence-corrected chi connectivity index (χ3v) is 4.96. The minimum atomic E-state index is -0.442. The molecule has 0 aliphatic heterocycles. The molecule has 2 heterocycles. The first kappa shape index (κ1) is 20.5. The molecule has 31 heavy (non-hydrogen) atoms. The fraction of sp³-hybridized carbons (Fsp3) is 0.208. The number of amides is 1. The largest absolute Gasteiger partial charge is 0.347 e. The number of anilines is 1. The lowest BCUT2D eigenvalue weighted by molar-refractivity contribution is -0.117. The van der Waals surface area contributed by atoms with Gasteiger partial charge >= 0.3 is 0 Å². The molecule has 7 heteroatoms. The zero-order valence-electron chi connectivity index (χ0n) is 17.4. The van der Waals surface area contributed by atoms with Crippen LogP contribution in [-0.2, 0) is 17.9 Å². The van der Waals surface area contributed by atoms with Crippen molar-refractivity contribution in [3.8, 4) is 11.3 Å². The van der Waals surface area contributed by atoms with Gasteiger partial charge in [-0.15, -0.1) is 0 Å². The van der Waals surface area contributed by atoms with Gasteiger partial charge < -0.3 is 9.88 Å². The number of benzene rings is 2. The molecule has 158 valence electrons. The van der Waals surface area contributed by atoms with E-state index in [4.69, 9.17) is 0 Å². The van der Waals surface area contributed by atoms with Crippen molar-refractivity contribution in [3.63, 3.8) is 0 Å². The third-order valence-electron chi connectivity index (χ3n) is 4.96. The maximum absolute atomic E-state index is 14.1. The molecule has 0 aliphatic rings. The van der Waals surface area contributed by atoms with Crippen LogP contribution in [0.3, 0.4) is 0 Å². The van der Waals surface area contributed by atoms with Gasteiger partial charge in [-0.2, -0.15) is 5.10 Å². The monoisotopic (exact) mass is 418 g/mol. The lowest BCUT2D eigenvalue weighted by Crippen LogP contribution is -2.29. The first-order valence-electron chi connectivity index (χ1n) is 10.1. The molecule has 0 saturated heterocycles. The normalized spacial score (nSPS) is 11.2. The van der Waals surface area contributed by atoms with Crippen LogP contribution in [0.25, 0.3) is 22.2 Å². The number of halogens is 1. The number of carbonyl (C=O) groups excluding carboxylic acids is 1. The molecule has 0 radical (unpaired) electrons. The summed E-state index contributed by atoms with van der Waals surface area (Å²) in [6.45, 7) is 4.91. The number of aromatic nitrogens is 3. The topological polar surface area (TPSA) is 68.9 Å². The molecular formula is C24H23FN4O2. The number of nitrogens with one attached hydrogen (secondary N) is 1. The van der Waals surface area contributed by atoms with Gasteiger partial charge in [-0.1, -0.05) is 32.0 Å². The van der Waals surface area contributed by atoms with E-state index in [1.807, 2.05) is 30.5 Å². The zero-order valence-corrected chi connectivity index (χ0v) is 17.4. The summed E-state index contributed by atoms with van der Waals surface area (Å²) in [5, 5.41) is 7.98. The molecule has 2 aromatic carbocycles. The summed E-state index contributed by atoms with van der Waals surface area (Å²) in [7, 11) is 0. The first-order chi connectivity index (χ1) is 14.9. The fourth-order valence-electron chi connectivity index (χ4n) is 3.59. The van der Waals surface area contributed by atoms with E-state index in [0.29, 0.717) is 17.3 Å². The highest BCUT2D eigenvalue weighted by Gasteiger charge is 2.13. The second kappa shape index (κ2) is 8.55. The minimum absolute atomic E-state index is 0.271. The minimum Gasteiger partial charge on any atom is -0.347 e. The maximum atomic E-state index is 14.1. The van der Waals surface area contributed by atoms with E-state index in [-0.39, 0.29) is 18.0 Å². The Morgan fingerprint density at radius 1 is 1.06 bits per heavy atom. The fourth-order valence-corrected chi connectivity index (χ4v) is 3.59. The van der Waals surface area contributed by atoms with Crippen LogP contribution in [0, 0.1) is 11.7 Å². The number of rotatable bonds is 6. The van der Waals surface area contributed by atoms with Crippen LogP contribution in [0.4, 0.5) is 10.1 Å². The molecule has 0 bridgehead atoms. The van der Waals surface area contributed by atoms with Gasteiger partial charge in [0.1, 0.15) is 12.4 Å². The average Bonchev–Trinajstić information content (AvgIpc) is 3.13.